The second-order valence-electron chi connectivity index (χ2n) is 7.49. The highest BCUT2D eigenvalue weighted by Gasteiger charge is 2.29. The van der Waals surface area contributed by atoms with Gasteiger partial charge in [-0.3, -0.25) is 0 Å². The van der Waals surface area contributed by atoms with Gasteiger partial charge in [0.25, 0.3) is 7.48 Å². The molecule has 2 atom stereocenters. The first-order chi connectivity index (χ1) is 10.2. The van der Waals surface area contributed by atoms with Gasteiger partial charge in [-0.2, -0.15) is 0 Å². The molecule has 0 spiro atoms. The highest BCUT2D eigenvalue weighted by atomic mass is 16.4. The summed E-state index contributed by atoms with van der Waals surface area (Å²) in [6.07, 6.45) is 19.6. The molecule has 0 aromatic carbocycles. The Kier molecular flexibility index (Phi) is 10.5. The molecule has 0 aromatic heterocycles. The van der Waals surface area contributed by atoms with Crippen molar-refractivity contribution in [1.82, 2.24) is 0 Å². The van der Waals surface area contributed by atoms with E-state index in [4.69, 9.17) is 4.65 Å². The summed E-state index contributed by atoms with van der Waals surface area (Å²) in [4.78, 5) is 0. The smallest absolute Gasteiger partial charge is 0.292 e. The van der Waals surface area contributed by atoms with E-state index in [1.807, 2.05) is 7.48 Å². The van der Waals surface area contributed by atoms with E-state index in [9.17, 15) is 0 Å². The Hall–Kier alpha value is 0.0249. The Morgan fingerprint density at radius 3 is 2.00 bits per heavy atom. The standard InChI is InChI=1S/C19H38BO/c1-4-6-8-10-12-15-19(3,14-11-9-7-5-2)17-18-13-16-20-21-18/h18H,4-17H2,1-3H3. The molecule has 1 saturated heterocycles. The summed E-state index contributed by atoms with van der Waals surface area (Å²) < 4.78 is 5.80. The minimum Gasteiger partial charge on any atom is -0.438 e. The van der Waals surface area contributed by atoms with Gasteiger partial charge in [-0.15, -0.1) is 0 Å². The highest BCUT2D eigenvalue weighted by Crippen LogP contribution is 2.38. The number of hydrogen-bond donors (Lipinski definition) is 0. The van der Waals surface area contributed by atoms with E-state index in [1.165, 1.54) is 83.5 Å². The van der Waals surface area contributed by atoms with Crippen LogP contribution in [0.3, 0.4) is 0 Å². The third-order valence-electron chi connectivity index (χ3n) is 5.13. The first kappa shape index (κ1) is 19.1. The molecule has 2 heteroatoms. The van der Waals surface area contributed by atoms with Crippen molar-refractivity contribution in [3.05, 3.63) is 0 Å². The lowest BCUT2D eigenvalue weighted by Crippen LogP contribution is -2.24. The minimum atomic E-state index is 0.511. The lowest BCUT2D eigenvalue weighted by molar-refractivity contribution is 0.126. The van der Waals surface area contributed by atoms with Crippen LogP contribution in [-0.4, -0.2) is 13.6 Å². The molecule has 0 bridgehead atoms. The molecule has 1 fully saturated rings. The van der Waals surface area contributed by atoms with Crippen LogP contribution >= 0.6 is 0 Å². The largest absolute Gasteiger partial charge is 0.438 e. The van der Waals surface area contributed by atoms with E-state index >= 15 is 0 Å². The molecule has 1 heterocycles. The summed E-state index contributed by atoms with van der Waals surface area (Å²) in [5, 5.41) is 0. The van der Waals surface area contributed by atoms with Crippen molar-refractivity contribution in [1.29, 1.82) is 0 Å². The van der Waals surface area contributed by atoms with Crippen LogP contribution in [0.25, 0.3) is 0 Å². The maximum absolute atomic E-state index is 5.80. The van der Waals surface area contributed by atoms with Gasteiger partial charge in [0.1, 0.15) is 0 Å². The van der Waals surface area contributed by atoms with Crippen LogP contribution in [0, 0.1) is 5.41 Å². The molecule has 0 N–H and O–H groups in total. The lowest BCUT2D eigenvalue weighted by Gasteiger charge is -2.33. The second-order valence-corrected chi connectivity index (χ2v) is 7.49. The molecule has 0 aromatic rings. The van der Waals surface area contributed by atoms with Crippen LogP contribution in [0.2, 0.25) is 6.32 Å². The van der Waals surface area contributed by atoms with E-state index in [0.29, 0.717) is 11.5 Å². The van der Waals surface area contributed by atoms with Crippen molar-refractivity contribution >= 4 is 7.48 Å². The van der Waals surface area contributed by atoms with Crippen LogP contribution in [0.4, 0.5) is 0 Å². The monoisotopic (exact) mass is 293 g/mol. The molecule has 1 nitrogen and oxygen atoms in total. The quantitative estimate of drug-likeness (QED) is 0.277. The Morgan fingerprint density at radius 1 is 0.905 bits per heavy atom. The molecule has 1 aliphatic rings. The fourth-order valence-electron chi connectivity index (χ4n) is 3.69. The SMILES string of the molecule is CCCCCCCC(C)(CCCCCC)CC1CC[B]O1. The third kappa shape index (κ3) is 8.91. The van der Waals surface area contributed by atoms with Gasteiger partial charge in [-0.25, -0.2) is 0 Å². The second kappa shape index (κ2) is 11.6. The molecular formula is C19H38BO. The Labute approximate surface area is 134 Å². The number of unbranched alkanes of at least 4 members (excludes halogenated alkanes) is 7. The lowest BCUT2D eigenvalue weighted by atomic mass is 9.75. The first-order valence-corrected chi connectivity index (χ1v) is 9.67. The zero-order valence-corrected chi connectivity index (χ0v) is 15.0. The van der Waals surface area contributed by atoms with Gasteiger partial charge < -0.3 is 4.65 Å². The fraction of sp³-hybridized carbons (Fsp3) is 1.00. The van der Waals surface area contributed by atoms with Crippen molar-refractivity contribution in [2.75, 3.05) is 0 Å². The van der Waals surface area contributed by atoms with Crippen molar-refractivity contribution < 1.29 is 4.65 Å². The summed E-state index contributed by atoms with van der Waals surface area (Å²) in [6.45, 7) is 7.13. The maximum atomic E-state index is 5.80. The zero-order valence-electron chi connectivity index (χ0n) is 15.0. The molecular weight excluding hydrogens is 255 g/mol. The average molecular weight is 293 g/mol. The van der Waals surface area contributed by atoms with Crippen LogP contribution in [0.15, 0.2) is 0 Å². The van der Waals surface area contributed by atoms with E-state index in [0.717, 1.165) is 6.32 Å². The van der Waals surface area contributed by atoms with Crippen LogP contribution in [0.5, 0.6) is 0 Å². The normalized spacial score (nSPS) is 21.2. The van der Waals surface area contributed by atoms with Gasteiger partial charge in [-0.1, -0.05) is 78.6 Å². The predicted molar refractivity (Wildman–Crippen MR) is 94.9 cm³/mol. The molecule has 0 amide bonds. The summed E-state index contributed by atoms with van der Waals surface area (Å²) in [5.41, 5.74) is 0.517. The third-order valence-corrected chi connectivity index (χ3v) is 5.13. The fourth-order valence-corrected chi connectivity index (χ4v) is 3.69. The molecule has 123 valence electrons. The summed E-state index contributed by atoms with van der Waals surface area (Å²) >= 11 is 0. The molecule has 0 aliphatic carbocycles. The van der Waals surface area contributed by atoms with E-state index in [1.54, 1.807) is 0 Å². The number of rotatable bonds is 13. The Morgan fingerprint density at radius 2 is 1.48 bits per heavy atom. The minimum absolute atomic E-state index is 0.511. The zero-order chi connectivity index (χ0) is 15.4. The van der Waals surface area contributed by atoms with Crippen molar-refractivity contribution in [2.24, 2.45) is 5.41 Å². The van der Waals surface area contributed by atoms with Crippen molar-refractivity contribution in [3.63, 3.8) is 0 Å². The Balaban J connectivity index is 2.31. The van der Waals surface area contributed by atoms with Gasteiger partial charge in [0.15, 0.2) is 0 Å². The molecule has 1 rings (SSSR count). The molecule has 2 unspecified atom stereocenters. The maximum Gasteiger partial charge on any atom is 0.292 e. The van der Waals surface area contributed by atoms with Gasteiger partial charge >= 0.3 is 0 Å². The summed E-state index contributed by atoms with van der Waals surface area (Å²) in [7, 11) is 2.03. The van der Waals surface area contributed by atoms with E-state index in [-0.39, 0.29) is 0 Å². The van der Waals surface area contributed by atoms with Gasteiger partial charge in [0, 0.05) is 6.10 Å². The summed E-state index contributed by atoms with van der Waals surface area (Å²) in [5.74, 6) is 0. The first-order valence-electron chi connectivity index (χ1n) is 9.67. The van der Waals surface area contributed by atoms with Crippen LogP contribution in [-0.2, 0) is 4.65 Å². The Bertz CT molecular complexity index is 238. The topological polar surface area (TPSA) is 9.23 Å². The molecule has 1 aliphatic heterocycles. The van der Waals surface area contributed by atoms with Crippen molar-refractivity contribution in [3.8, 4) is 0 Å². The summed E-state index contributed by atoms with van der Waals surface area (Å²) in [6, 6.07) is 0. The molecule has 0 saturated carbocycles. The highest BCUT2D eigenvalue weighted by molar-refractivity contribution is 6.28. The van der Waals surface area contributed by atoms with E-state index in [2.05, 4.69) is 20.8 Å². The van der Waals surface area contributed by atoms with Gasteiger partial charge in [0.2, 0.25) is 0 Å². The van der Waals surface area contributed by atoms with Gasteiger partial charge in [-0.05, 0) is 37.4 Å². The molecule has 1 radical (unpaired) electrons. The van der Waals surface area contributed by atoms with Crippen LogP contribution in [0.1, 0.15) is 104 Å². The molecule has 21 heavy (non-hydrogen) atoms. The van der Waals surface area contributed by atoms with Gasteiger partial charge in [0.05, 0.1) is 0 Å². The number of hydrogen-bond acceptors (Lipinski definition) is 1. The van der Waals surface area contributed by atoms with Crippen molar-refractivity contribution in [2.45, 2.75) is 117 Å². The van der Waals surface area contributed by atoms with Crippen LogP contribution < -0.4 is 0 Å². The average Bonchev–Trinajstić information content (AvgIpc) is 2.96. The van der Waals surface area contributed by atoms with E-state index < -0.39 is 0 Å². The predicted octanol–water partition coefficient (Wildman–Crippen LogP) is 6.54.